The molecule has 0 saturated heterocycles. The van der Waals surface area contributed by atoms with Gasteiger partial charge >= 0.3 is 0 Å². The fraction of sp³-hybridized carbons (Fsp3) is 0.600. The van der Waals surface area contributed by atoms with Crippen LogP contribution in [0.15, 0.2) is 0 Å². The Hall–Kier alpha value is -1.60. The molecule has 0 aliphatic carbocycles. The average molecular weight is 314 g/mol. The van der Waals surface area contributed by atoms with Gasteiger partial charge in [0.2, 0.25) is 12.5 Å². The molecule has 0 amide bonds. The number of fused-ring (bicyclic) bond motifs is 2. The SMILES string of the molecule is COc1c2c(c([C@](C)(N)C(F)F)c3c1OCO3)CCN(C)C2. The first-order valence-electron chi connectivity index (χ1n) is 7.15. The Morgan fingerprint density at radius 1 is 1.27 bits per heavy atom. The van der Waals surface area contributed by atoms with Crippen LogP contribution in [0.2, 0.25) is 0 Å². The second-order valence-electron chi connectivity index (χ2n) is 6.00. The van der Waals surface area contributed by atoms with Crippen molar-refractivity contribution in [3.8, 4) is 17.2 Å². The molecule has 0 saturated carbocycles. The second-order valence-corrected chi connectivity index (χ2v) is 6.00. The van der Waals surface area contributed by atoms with Crippen LogP contribution >= 0.6 is 0 Å². The van der Waals surface area contributed by atoms with E-state index in [1.807, 2.05) is 7.05 Å². The first-order chi connectivity index (χ1) is 10.4. The van der Waals surface area contributed by atoms with Crippen LogP contribution in [0.1, 0.15) is 23.6 Å². The number of nitrogens with two attached hydrogens (primary N) is 1. The van der Waals surface area contributed by atoms with Gasteiger partial charge in [0.15, 0.2) is 11.5 Å². The molecule has 0 aromatic heterocycles. The highest BCUT2D eigenvalue weighted by Crippen LogP contribution is 2.52. The lowest BCUT2D eigenvalue weighted by molar-refractivity contribution is 0.0596. The Morgan fingerprint density at radius 3 is 2.59 bits per heavy atom. The summed E-state index contributed by atoms with van der Waals surface area (Å²) in [4.78, 5) is 2.10. The van der Waals surface area contributed by atoms with E-state index in [1.165, 1.54) is 6.92 Å². The maximum absolute atomic E-state index is 13.5. The predicted molar refractivity (Wildman–Crippen MR) is 76.7 cm³/mol. The highest BCUT2D eigenvalue weighted by atomic mass is 19.3. The van der Waals surface area contributed by atoms with Crippen LogP contribution in [-0.2, 0) is 18.5 Å². The number of benzene rings is 1. The minimum absolute atomic E-state index is 0.0171. The second kappa shape index (κ2) is 5.24. The molecule has 2 aliphatic heterocycles. The quantitative estimate of drug-likeness (QED) is 0.923. The number of alkyl halides is 2. The number of nitrogens with zero attached hydrogens (tertiary/aromatic N) is 1. The monoisotopic (exact) mass is 314 g/mol. The van der Waals surface area contributed by atoms with E-state index in [9.17, 15) is 8.78 Å². The maximum atomic E-state index is 13.5. The highest BCUT2D eigenvalue weighted by molar-refractivity contribution is 5.67. The molecule has 1 aromatic rings. The third-order valence-corrected chi connectivity index (χ3v) is 4.35. The molecule has 0 spiro atoms. The van der Waals surface area contributed by atoms with Crippen LogP contribution in [0.4, 0.5) is 8.78 Å². The number of ether oxygens (including phenoxy) is 3. The molecule has 122 valence electrons. The normalized spacial score (nSPS) is 20.0. The van der Waals surface area contributed by atoms with Crippen molar-refractivity contribution in [1.82, 2.24) is 4.90 Å². The summed E-state index contributed by atoms with van der Waals surface area (Å²) < 4.78 is 43.5. The molecule has 2 heterocycles. The van der Waals surface area contributed by atoms with Gasteiger partial charge < -0.3 is 24.8 Å². The van der Waals surface area contributed by atoms with E-state index < -0.39 is 12.0 Å². The minimum atomic E-state index is -2.71. The van der Waals surface area contributed by atoms with Gasteiger partial charge in [-0.1, -0.05) is 0 Å². The Balaban J connectivity index is 2.31. The first kappa shape index (κ1) is 15.3. The third kappa shape index (κ3) is 2.11. The van der Waals surface area contributed by atoms with Crippen molar-refractivity contribution < 1.29 is 23.0 Å². The number of hydrogen-bond acceptors (Lipinski definition) is 5. The van der Waals surface area contributed by atoms with Gasteiger partial charge in [-0.2, -0.15) is 0 Å². The Kier molecular flexibility index (Phi) is 3.65. The molecule has 2 N–H and O–H groups in total. The Bertz CT molecular complexity index is 605. The van der Waals surface area contributed by atoms with E-state index in [-0.39, 0.29) is 6.79 Å². The topological polar surface area (TPSA) is 57.0 Å². The fourth-order valence-electron chi connectivity index (χ4n) is 3.18. The van der Waals surface area contributed by atoms with Gasteiger partial charge in [0.1, 0.15) is 5.54 Å². The average Bonchev–Trinajstić information content (AvgIpc) is 2.92. The summed E-state index contributed by atoms with van der Waals surface area (Å²) in [6.07, 6.45) is -2.09. The summed E-state index contributed by atoms with van der Waals surface area (Å²) >= 11 is 0. The zero-order valence-electron chi connectivity index (χ0n) is 12.9. The molecule has 1 aromatic carbocycles. The van der Waals surface area contributed by atoms with Gasteiger partial charge in [-0.25, -0.2) is 8.78 Å². The molecule has 0 bridgehead atoms. The van der Waals surface area contributed by atoms with Gasteiger partial charge in [0.05, 0.1) is 7.11 Å². The van der Waals surface area contributed by atoms with Crippen molar-refractivity contribution in [2.45, 2.75) is 31.9 Å². The van der Waals surface area contributed by atoms with Crippen molar-refractivity contribution in [3.05, 3.63) is 16.7 Å². The van der Waals surface area contributed by atoms with E-state index >= 15 is 0 Å². The molecule has 3 rings (SSSR count). The van der Waals surface area contributed by atoms with Gasteiger partial charge in [-0.05, 0) is 26.0 Å². The van der Waals surface area contributed by atoms with Gasteiger partial charge in [0, 0.05) is 24.2 Å². The lowest BCUT2D eigenvalue weighted by atomic mass is 9.82. The Morgan fingerprint density at radius 2 is 1.95 bits per heavy atom. The van der Waals surface area contributed by atoms with Crippen LogP contribution in [0.5, 0.6) is 17.2 Å². The summed E-state index contributed by atoms with van der Waals surface area (Å²) in [5, 5.41) is 0. The molecule has 22 heavy (non-hydrogen) atoms. The van der Waals surface area contributed by atoms with Crippen molar-refractivity contribution in [2.75, 3.05) is 27.5 Å². The summed E-state index contributed by atoms with van der Waals surface area (Å²) in [7, 11) is 3.52. The number of halogens is 2. The third-order valence-electron chi connectivity index (χ3n) is 4.35. The largest absolute Gasteiger partial charge is 0.492 e. The zero-order chi connectivity index (χ0) is 16.1. The van der Waals surface area contributed by atoms with E-state index in [0.29, 0.717) is 35.8 Å². The van der Waals surface area contributed by atoms with Crippen molar-refractivity contribution in [2.24, 2.45) is 5.73 Å². The van der Waals surface area contributed by atoms with Crippen molar-refractivity contribution in [3.63, 3.8) is 0 Å². The molecule has 1 atom stereocenters. The molecule has 0 radical (unpaired) electrons. The Labute approximate surface area is 127 Å². The molecule has 5 nitrogen and oxygen atoms in total. The van der Waals surface area contributed by atoms with Crippen LogP contribution in [0.25, 0.3) is 0 Å². The van der Waals surface area contributed by atoms with Crippen molar-refractivity contribution >= 4 is 0 Å². The minimum Gasteiger partial charge on any atom is -0.492 e. The first-order valence-corrected chi connectivity index (χ1v) is 7.15. The summed E-state index contributed by atoms with van der Waals surface area (Å²) in [6, 6.07) is 0. The number of likely N-dealkylation sites (N-methyl/N-ethyl adjacent to an activating group) is 1. The standard InChI is InChI=1S/C15H20F2N2O3/c1-15(18,14(16)17)10-8-4-5-19(2)6-9(8)11(20-3)13-12(10)21-7-22-13/h14H,4-7,18H2,1-3H3/t15-/m0/s1. The van der Waals surface area contributed by atoms with Crippen LogP contribution < -0.4 is 19.9 Å². The fourth-order valence-corrected chi connectivity index (χ4v) is 3.18. The number of hydrogen-bond donors (Lipinski definition) is 1. The molecule has 0 unspecified atom stereocenters. The van der Waals surface area contributed by atoms with Crippen LogP contribution in [0, 0.1) is 0 Å². The molecule has 7 heteroatoms. The molecular formula is C15H20F2N2O3. The smallest absolute Gasteiger partial charge is 0.260 e. The van der Waals surface area contributed by atoms with Gasteiger partial charge in [0.25, 0.3) is 6.43 Å². The predicted octanol–water partition coefficient (Wildman–Crippen LogP) is 1.85. The highest BCUT2D eigenvalue weighted by Gasteiger charge is 2.43. The summed E-state index contributed by atoms with van der Waals surface area (Å²) in [5.41, 5.74) is 6.16. The van der Waals surface area contributed by atoms with Crippen LogP contribution in [0.3, 0.4) is 0 Å². The zero-order valence-corrected chi connectivity index (χ0v) is 12.9. The van der Waals surface area contributed by atoms with Gasteiger partial charge in [-0.3, -0.25) is 0 Å². The van der Waals surface area contributed by atoms with Crippen LogP contribution in [-0.4, -0.2) is 38.8 Å². The molecule has 0 fully saturated rings. The summed E-state index contributed by atoms with van der Waals surface area (Å²) in [6.45, 7) is 2.68. The molecular weight excluding hydrogens is 294 g/mol. The lowest BCUT2D eigenvalue weighted by Crippen LogP contribution is -2.43. The van der Waals surface area contributed by atoms with Gasteiger partial charge in [-0.15, -0.1) is 0 Å². The molecule has 2 aliphatic rings. The number of rotatable bonds is 3. The summed E-state index contributed by atoms with van der Waals surface area (Å²) in [5.74, 6) is 1.23. The van der Waals surface area contributed by atoms with E-state index in [1.54, 1.807) is 7.11 Å². The lowest BCUT2D eigenvalue weighted by Gasteiger charge is -2.34. The van der Waals surface area contributed by atoms with E-state index in [4.69, 9.17) is 19.9 Å². The van der Waals surface area contributed by atoms with E-state index in [2.05, 4.69) is 4.90 Å². The van der Waals surface area contributed by atoms with Crippen molar-refractivity contribution in [1.29, 1.82) is 0 Å². The maximum Gasteiger partial charge on any atom is 0.260 e. The number of methoxy groups -OCH3 is 1. The van der Waals surface area contributed by atoms with E-state index in [0.717, 1.165) is 17.7 Å².